The monoisotopic (exact) mass is 444 g/mol. The number of methoxy groups -OCH3 is 1. The number of rotatable bonds is 8. The Morgan fingerprint density at radius 1 is 0.968 bits per heavy atom. The largest absolute Gasteiger partial charge is 0.494 e. The first kappa shape index (κ1) is 22.1. The van der Waals surface area contributed by atoms with E-state index in [4.69, 9.17) is 9.47 Å². The molecule has 0 saturated carbocycles. The van der Waals surface area contributed by atoms with Crippen LogP contribution in [0.15, 0.2) is 71.6 Å². The van der Waals surface area contributed by atoms with Crippen molar-refractivity contribution in [1.29, 1.82) is 0 Å². The van der Waals surface area contributed by atoms with E-state index < -0.39 is 21.7 Å². The van der Waals surface area contributed by atoms with E-state index in [1.54, 1.807) is 12.1 Å². The molecule has 0 aliphatic rings. The highest BCUT2D eigenvalue weighted by molar-refractivity contribution is 7.92. The van der Waals surface area contributed by atoms with Crippen LogP contribution in [0.1, 0.15) is 17.3 Å². The predicted molar refractivity (Wildman–Crippen MR) is 116 cm³/mol. The minimum Gasteiger partial charge on any atom is -0.494 e. The van der Waals surface area contributed by atoms with Crippen LogP contribution in [0.3, 0.4) is 0 Å². The first-order chi connectivity index (χ1) is 14.8. The number of anilines is 2. The van der Waals surface area contributed by atoms with Gasteiger partial charge in [-0.15, -0.1) is 0 Å². The molecule has 0 radical (unpaired) electrons. The van der Waals surface area contributed by atoms with Gasteiger partial charge in [-0.1, -0.05) is 0 Å². The molecule has 3 aromatic carbocycles. The molecular formula is C22H21FN2O5S. The summed E-state index contributed by atoms with van der Waals surface area (Å²) in [6, 6.07) is 16.0. The van der Waals surface area contributed by atoms with Crippen molar-refractivity contribution in [3.8, 4) is 11.5 Å². The van der Waals surface area contributed by atoms with Gasteiger partial charge in [0.1, 0.15) is 5.75 Å². The minimum absolute atomic E-state index is 0.0714. The summed E-state index contributed by atoms with van der Waals surface area (Å²) in [7, 11) is -2.45. The fourth-order valence-electron chi connectivity index (χ4n) is 2.73. The van der Waals surface area contributed by atoms with Gasteiger partial charge in [-0.2, -0.15) is 0 Å². The van der Waals surface area contributed by atoms with Crippen LogP contribution in [0.4, 0.5) is 15.8 Å². The molecule has 9 heteroatoms. The van der Waals surface area contributed by atoms with Gasteiger partial charge in [0.25, 0.3) is 15.9 Å². The van der Waals surface area contributed by atoms with Gasteiger partial charge in [0, 0.05) is 23.0 Å². The number of halogens is 1. The standard InChI is InChI=1S/C22H21FN2O5S/c1-3-30-18-9-11-19(12-10-18)31(27,28)25-16-6-4-15(5-7-16)22(26)24-17-8-13-21(29-2)20(23)14-17/h4-14,25H,3H2,1-2H3,(H,24,26). The third-order valence-electron chi connectivity index (χ3n) is 4.25. The molecular weight excluding hydrogens is 423 g/mol. The Kier molecular flexibility index (Phi) is 6.76. The molecule has 0 aliphatic carbocycles. The number of hydrogen-bond acceptors (Lipinski definition) is 5. The fraction of sp³-hybridized carbons (Fsp3) is 0.136. The Morgan fingerprint density at radius 3 is 2.19 bits per heavy atom. The number of nitrogens with one attached hydrogen (secondary N) is 2. The molecule has 1 amide bonds. The van der Waals surface area contributed by atoms with Crippen molar-refractivity contribution >= 4 is 27.3 Å². The quantitative estimate of drug-likeness (QED) is 0.541. The second-order valence-corrected chi connectivity index (χ2v) is 8.07. The molecule has 3 rings (SSSR count). The summed E-state index contributed by atoms with van der Waals surface area (Å²) in [6.45, 7) is 2.32. The van der Waals surface area contributed by atoms with Crippen LogP contribution in [-0.2, 0) is 10.0 Å². The summed E-state index contributed by atoms with van der Waals surface area (Å²) in [5.41, 5.74) is 0.838. The highest BCUT2D eigenvalue weighted by Crippen LogP contribution is 2.22. The zero-order valence-corrected chi connectivity index (χ0v) is 17.7. The average Bonchev–Trinajstić information content (AvgIpc) is 2.75. The summed E-state index contributed by atoms with van der Waals surface area (Å²) < 4.78 is 51.4. The molecule has 162 valence electrons. The van der Waals surface area contributed by atoms with E-state index in [1.165, 1.54) is 55.6 Å². The van der Waals surface area contributed by atoms with E-state index in [0.717, 1.165) is 6.07 Å². The molecule has 31 heavy (non-hydrogen) atoms. The number of hydrogen-bond donors (Lipinski definition) is 2. The fourth-order valence-corrected chi connectivity index (χ4v) is 3.79. The maximum atomic E-state index is 13.8. The number of carbonyl (C=O) groups is 1. The number of carbonyl (C=O) groups excluding carboxylic acids is 1. The lowest BCUT2D eigenvalue weighted by Gasteiger charge is -2.10. The van der Waals surface area contributed by atoms with Gasteiger partial charge < -0.3 is 14.8 Å². The molecule has 0 aliphatic heterocycles. The van der Waals surface area contributed by atoms with Crippen molar-refractivity contribution in [1.82, 2.24) is 0 Å². The van der Waals surface area contributed by atoms with E-state index in [-0.39, 0.29) is 21.9 Å². The first-order valence-electron chi connectivity index (χ1n) is 9.33. The third-order valence-corrected chi connectivity index (χ3v) is 5.65. The molecule has 0 fully saturated rings. The number of ether oxygens (including phenoxy) is 2. The summed E-state index contributed by atoms with van der Waals surface area (Å²) in [4.78, 5) is 12.5. The number of amides is 1. The lowest BCUT2D eigenvalue weighted by molar-refractivity contribution is 0.102. The molecule has 0 spiro atoms. The van der Waals surface area contributed by atoms with Crippen LogP contribution in [-0.4, -0.2) is 28.0 Å². The van der Waals surface area contributed by atoms with Crippen molar-refractivity contribution < 1.29 is 27.1 Å². The minimum atomic E-state index is -3.80. The highest BCUT2D eigenvalue weighted by Gasteiger charge is 2.15. The van der Waals surface area contributed by atoms with Gasteiger partial charge in [-0.05, 0) is 67.6 Å². The molecule has 7 nitrogen and oxygen atoms in total. The van der Waals surface area contributed by atoms with E-state index >= 15 is 0 Å². The molecule has 0 saturated heterocycles. The maximum Gasteiger partial charge on any atom is 0.261 e. The Hall–Kier alpha value is -3.59. The van der Waals surface area contributed by atoms with Crippen LogP contribution in [0.2, 0.25) is 0 Å². The van der Waals surface area contributed by atoms with Crippen molar-refractivity contribution in [2.75, 3.05) is 23.8 Å². The van der Waals surface area contributed by atoms with E-state index in [1.807, 2.05) is 6.92 Å². The Labute approximate surface area is 179 Å². The molecule has 0 heterocycles. The van der Waals surface area contributed by atoms with Gasteiger partial charge in [0.2, 0.25) is 0 Å². The molecule has 0 aromatic heterocycles. The first-order valence-corrected chi connectivity index (χ1v) is 10.8. The van der Waals surface area contributed by atoms with Crippen molar-refractivity contribution in [2.45, 2.75) is 11.8 Å². The summed E-state index contributed by atoms with van der Waals surface area (Å²) >= 11 is 0. The van der Waals surface area contributed by atoms with Crippen molar-refractivity contribution in [2.24, 2.45) is 0 Å². The zero-order chi connectivity index (χ0) is 22.4. The summed E-state index contributed by atoms with van der Waals surface area (Å²) in [5, 5.41) is 2.57. The number of benzene rings is 3. The van der Waals surface area contributed by atoms with Crippen molar-refractivity contribution in [3.05, 3.63) is 78.1 Å². The molecule has 2 N–H and O–H groups in total. The summed E-state index contributed by atoms with van der Waals surface area (Å²) in [6.07, 6.45) is 0. The smallest absolute Gasteiger partial charge is 0.261 e. The Balaban J connectivity index is 1.67. The SMILES string of the molecule is CCOc1ccc(S(=O)(=O)Nc2ccc(C(=O)Nc3ccc(OC)c(F)c3)cc2)cc1. The second-order valence-electron chi connectivity index (χ2n) is 6.39. The molecule has 0 atom stereocenters. The lowest BCUT2D eigenvalue weighted by atomic mass is 10.2. The third kappa shape index (κ3) is 5.52. The topological polar surface area (TPSA) is 93.7 Å². The van der Waals surface area contributed by atoms with Crippen LogP contribution >= 0.6 is 0 Å². The van der Waals surface area contributed by atoms with E-state index in [0.29, 0.717) is 18.0 Å². The van der Waals surface area contributed by atoms with E-state index in [2.05, 4.69) is 10.0 Å². The normalized spacial score (nSPS) is 10.9. The van der Waals surface area contributed by atoms with Gasteiger partial charge >= 0.3 is 0 Å². The molecule has 0 unspecified atom stereocenters. The van der Waals surface area contributed by atoms with Gasteiger partial charge in [0.15, 0.2) is 11.6 Å². The van der Waals surface area contributed by atoms with Crippen LogP contribution in [0, 0.1) is 5.82 Å². The van der Waals surface area contributed by atoms with Crippen LogP contribution in [0.5, 0.6) is 11.5 Å². The molecule has 0 bridgehead atoms. The average molecular weight is 444 g/mol. The van der Waals surface area contributed by atoms with Gasteiger partial charge in [-0.25, -0.2) is 12.8 Å². The van der Waals surface area contributed by atoms with Crippen LogP contribution in [0.25, 0.3) is 0 Å². The Bertz CT molecular complexity index is 1160. The van der Waals surface area contributed by atoms with Gasteiger partial charge in [-0.3, -0.25) is 9.52 Å². The lowest BCUT2D eigenvalue weighted by Crippen LogP contribution is -2.14. The molecule has 3 aromatic rings. The van der Waals surface area contributed by atoms with Crippen molar-refractivity contribution in [3.63, 3.8) is 0 Å². The predicted octanol–water partition coefficient (Wildman–Crippen LogP) is 4.29. The van der Waals surface area contributed by atoms with Gasteiger partial charge in [0.05, 0.1) is 18.6 Å². The summed E-state index contributed by atoms with van der Waals surface area (Å²) in [5.74, 6) is -0.416. The zero-order valence-electron chi connectivity index (χ0n) is 16.9. The number of sulfonamides is 1. The second kappa shape index (κ2) is 9.48. The highest BCUT2D eigenvalue weighted by atomic mass is 32.2. The Morgan fingerprint density at radius 2 is 1.61 bits per heavy atom. The maximum absolute atomic E-state index is 13.8. The van der Waals surface area contributed by atoms with Crippen LogP contribution < -0.4 is 19.5 Å². The van der Waals surface area contributed by atoms with E-state index in [9.17, 15) is 17.6 Å².